The zero-order chi connectivity index (χ0) is 20.3. The monoisotopic (exact) mass is 383 g/mol. The van der Waals surface area contributed by atoms with Crippen LogP contribution in [0.3, 0.4) is 0 Å². The first-order valence-corrected chi connectivity index (χ1v) is 9.72. The Morgan fingerprint density at radius 3 is 2.71 bits per heavy atom. The Morgan fingerprint density at radius 2 is 2.00 bits per heavy atom. The van der Waals surface area contributed by atoms with Crippen LogP contribution in [0.1, 0.15) is 50.8 Å². The molecule has 0 fully saturated rings. The van der Waals surface area contributed by atoms with E-state index in [2.05, 4.69) is 11.4 Å². The summed E-state index contributed by atoms with van der Waals surface area (Å²) in [6.45, 7) is 8.06. The fourth-order valence-corrected chi connectivity index (χ4v) is 3.53. The van der Waals surface area contributed by atoms with Gasteiger partial charge in [-0.05, 0) is 45.4 Å². The quantitative estimate of drug-likeness (QED) is 0.793. The highest BCUT2D eigenvalue weighted by Gasteiger charge is 2.35. The highest BCUT2D eigenvalue weighted by Crippen LogP contribution is 2.40. The van der Waals surface area contributed by atoms with Gasteiger partial charge in [0.2, 0.25) is 0 Å². The zero-order valence-electron chi connectivity index (χ0n) is 17.2. The molecule has 2 aromatic carbocycles. The number of hydrogen-bond acceptors (Lipinski definition) is 4. The Morgan fingerprint density at radius 1 is 1.25 bits per heavy atom. The summed E-state index contributed by atoms with van der Waals surface area (Å²) in [7, 11) is 1.61. The van der Waals surface area contributed by atoms with Crippen LogP contribution in [0.25, 0.3) is 0 Å². The molecular weight excluding hydrogens is 354 g/mol. The van der Waals surface area contributed by atoms with E-state index in [1.165, 1.54) is 0 Å². The normalized spacial score (nSPS) is 18.4. The molecule has 0 unspecified atom stereocenters. The number of benzene rings is 2. The van der Waals surface area contributed by atoms with E-state index in [-0.39, 0.29) is 17.6 Å². The van der Waals surface area contributed by atoms with Crippen molar-refractivity contribution in [1.82, 2.24) is 5.32 Å². The van der Waals surface area contributed by atoms with Crippen molar-refractivity contribution in [2.24, 2.45) is 0 Å². The molecule has 1 aliphatic heterocycles. The molecule has 0 radical (unpaired) electrons. The molecule has 2 aromatic rings. The highest BCUT2D eigenvalue weighted by atomic mass is 16.5. The van der Waals surface area contributed by atoms with Crippen molar-refractivity contribution in [1.29, 1.82) is 0 Å². The van der Waals surface area contributed by atoms with Crippen molar-refractivity contribution >= 4 is 5.91 Å². The van der Waals surface area contributed by atoms with Crippen molar-refractivity contribution in [3.63, 3.8) is 0 Å². The predicted octanol–water partition coefficient (Wildman–Crippen LogP) is 4.58. The SMILES string of the molecule is CC[C@@H](Oc1cccc(OC)c1)C(=O)N[C@@H]1CC(C)(C)Oc2ccc(C)cc21. The van der Waals surface area contributed by atoms with Crippen molar-refractivity contribution < 1.29 is 19.0 Å². The average molecular weight is 383 g/mol. The molecule has 150 valence electrons. The maximum Gasteiger partial charge on any atom is 0.261 e. The number of fused-ring (bicyclic) bond motifs is 1. The molecule has 0 saturated carbocycles. The number of ether oxygens (including phenoxy) is 3. The van der Waals surface area contributed by atoms with E-state index in [0.29, 0.717) is 24.3 Å². The molecule has 2 atom stereocenters. The Labute approximate surface area is 167 Å². The lowest BCUT2D eigenvalue weighted by molar-refractivity contribution is -0.129. The number of methoxy groups -OCH3 is 1. The summed E-state index contributed by atoms with van der Waals surface area (Å²) in [5, 5.41) is 3.18. The molecule has 0 aliphatic carbocycles. The number of aryl methyl sites for hydroxylation is 1. The fraction of sp³-hybridized carbons (Fsp3) is 0.435. The molecule has 1 N–H and O–H groups in total. The van der Waals surface area contributed by atoms with Gasteiger partial charge in [-0.25, -0.2) is 0 Å². The lowest BCUT2D eigenvalue weighted by Crippen LogP contribution is -2.45. The van der Waals surface area contributed by atoms with E-state index in [4.69, 9.17) is 14.2 Å². The smallest absolute Gasteiger partial charge is 0.261 e. The number of hydrogen-bond donors (Lipinski definition) is 1. The summed E-state index contributed by atoms with van der Waals surface area (Å²) in [6.07, 6.45) is 0.688. The minimum absolute atomic E-state index is 0.117. The number of nitrogens with one attached hydrogen (secondary N) is 1. The van der Waals surface area contributed by atoms with Crippen LogP contribution in [0.5, 0.6) is 17.2 Å². The van der Waals surface area contributed by atoms with Crippen LogP contribution < -0.4 is 19.5 Å². The van der Waals surface area contributed by atoms with Gasteiger partial charge >= 0.3 is 0 Å². The molecule has 1 amide bonds. The molecule has 3 rings (SSSR count). The van der Waals surface area contributed by atoms with Gasteiger partial charge in [0.1, 0.15) is 22.8 Å². The minimum atomic E-state index is -0.577. The van der Waals surface area contributed by atoms with Gasteiger partial charge in [0.05, 0.1) is 13.2 Å². The molecule has 1 heterocycles. The first-order chi connectivity index (χ1) is 13.3. The van der Waals surface area contributed by atoms with Crippen LogP contribution >= 0.6 is 0 Å². The highest BCUT2D eigenvalue weighted by molar-refractivity contribution is 5.81. The molecule has 0 bridgehead atoms. The minimum Gasteiger partial charge on any atom is -0.497 e. The zero-order valence-corrected chi connectivity index (χ0v) is 17.2. The van der Waals surface area contributed by atoms with Crippen LogP contribution in [0.4, 0.5) is 0 Å². The lowest BCUT2D eigenvalue weighted by atomic mass is 9.88. The average Bonchev–Trinajstić information content (AvgIpc) is 2.66. The van der Waals surface area contributed by atoms with Gasteiger partial charge in [-0.15, -0.1) is 0 Å². The molecule has 5 heteroatoms. The molecule has 5 nitrogen and oxygen atoms in total. The maximum atomic E-state index is 13.0. The van der Waals surface area contributed by atoms with Gasteiger partial charge in [0.15, 0.2) is 6.10 Å². The van der Waals surface area contributed by atoms with Gasteiger partial charge in [-0.3, -0.25) is 4.79 Å². The summed E-state index contributed by atoms with van der Waals surface area (Å²) < 4.78 is 17.3. The van der Waals surface area contributed by atoms with Gasteiger partial charge < -0.3 is 19.5 Å². The van der Waals surface area contributed by atoms with Gasteiger partial charge in [0.25, 0.3) is 5.91 Å². The van der Waals surface area contributed by atoms with Crippen molar-refractivity contribution in [3.8, 4) is 17.2 Å². The Kier molecular flexibility index (Phi) is 5.82. The Hall–Kier alpha value is -2.69. The molecule has 0 aromatic heterocycles. The van der Waals surface area contributed by atoms with Crippen LogP contribution in [-0.2, 0) is 4.79 Å². The van der Waals surface area contributed by atoms with Crippen LogP contribution in [0.2, 0.25) is 0 Å². The van der Waals surface area contributed by atoms with Crippen molar-refractivity contribution in [2.75, 3.05) is 7.11 Å². The summed E-state index contributed by atoms with van der Waals surface area (Å²) in [5.41, 5.74) is 1.81. The third kappa shape index (κ3) is 4.58. The van der Waals surface area contributed by atoms with Crippen LogP contribution in [0.15, 0.2) is 42.5 Å². The van der Waals surface area contributed by atoms with Crippen LogP contribution in [0, 0.1) is 6.92 Å². The van der Waals surface area contributed by atoms with E-state index >= 15 is 0 Å². The summed E-state index contributed by atoms with van der Waals surface area (Å²) in [4.78, 5) is 13.0. The number of amides is 1. The molecular formula is C23H29NO4. The van der Waals surface area contributed by atoms with E-state index < -0.39 is 6.10 Å². The number of rotatable bonds is 6. The van der Waals surface area contributed by atoms with Crippen molar-refractivity contribution in [3.05, 3.63) is 53.6 Å². The van der Waals surface area contributed by atoms with Gasteiger partial charge in [-0.1, -0.05) is 30.7 Å². The second kappa shape index (κ2) is 8.13. The van der Waals surface area contributed by atoms with Gasteiger partial charge in [-0.2, -0.15) is 0 Å². The summed E-state index contributed by atoms with van der Waals surface area (Å²) in [6, 6.07) is 13.3. The van der Waals surface area contributed by atoms with E-state index in [0.717, 1.165) is 16.9 Å². The standard InChI is InChI=1S/C23H29NO4/c1-6-20(27-17-9-7-8-16(13-17)26-5)22(25)24-19-14-23(3,4)28-21-11-10-15(2)12-18(19)21/h7-13,19-20H,6,14H2,1-5H3,(H,24,25)/t19-,20-/m1/s1. The Bertz CT molecular complexity index is 846. The third-order valence-corrected chi connectivity index (χ3v) is 4.92. The molecule has 0 spiro atoms. The summed E-state index contributed by atoms with van der Waals surface area (Å²) >= 11 is 0. The number of carbonyl (C=O) groups is 1. The summed E-state index contributed by atoms with van der Waals surface area (Å²) in [5.74, 6) is 2.02. The first kappa shape index (κ1) is 20.1. The lowest BCUT2D eigenvalue weighted by Gasteiger charge is -2.38. The first-order valence-electron chi connectivity index (χ1n) is 9.72. The molecule has 1 aliphatic rings. The molecule has 0 saturated heterocycles. The second-order valence-electron chi connectivity index (χ2n) is 7.86. The largest absolute Gasteiger partial charge is 0.497 e. The van der Waals surface area contributed by atoms with Crippen molar-refractivity contribution in [2.45, 2.75) is 58.3 Å². The second-order valence-corrected chi connectivity index (χ2v) is 7.86. The van der Waals surface area contributed by atoms with Crippen LogP contribution in [-0.4, -0.2) is 24.7 Å². The van der Waals surface area contributed by atoms with E-state index in [1.54, 1.807) is 13.2 Å². The molecule has 28 heavy (non-hydrogen) atoms. The number of carbonyl (C=O) groups excluding carboxylic acids is 1. The topological polar surface area (TPSA) is 56.8 Å². The predicted molar refractivity (Wildman–Crippen MR) is 109 cm³/mol. The fourth-order valence-electron chi connectivity index (χ4n) is 3.53. The maximum absolute atomic E-state index is 13.0. The van der Waals surface area contributed by atoms with Gasteiger partial charge in [0, 0.05) is 18.1 Å². The van der Waals surface area contributed by atoms with E-state index in [1.807, 2.05) is 58.0 Å². The Balaban J connectivity index is 1.77. The van der Waals surface area contributed by atoms with E-state index in [9.17, 15) is 4.79 Å². The third-order valence-electron chi connectivity index (χ3n) is 4.92.